The lowest BCUT2D eigenvalue weighted by Gasteiger charge is -2.28. The van der Waals surface area contributed by atoms with Gasteiger partial charge in [-0.3, -0.25) is 9.78 Å². The highest BCUT2D eigenvalue weighted by Crippen LogP contribution is 2.32. The topological polar surface area (TPSA) is 101 Å². The van der Waals surface area contributed by atoms with Crippen LogP contribution in [0.15, 0.2) is 41.4 Å². The summed E-state index contributed by atoms with van der Waals surface area (Å²) in [5.74, 6) is -0.126. The summed E-state index contributed by atoms with van der Waals surface area (Å²) < 4.78 is 38.7. The van der Waals surface area contributed by atoms with Crippen LogP contribution in [-0.4, -0.2) is 69.6 Å². The highest BCUT2D eigenvalue weighted by Gasteiger charge is 2.30. The largest absolute Gasteiger partial charge is 0.492 e. The maximum absolute atomic E-state index is 13.2. The van der Waals surface area contributed by atoms with Gasteiger partial charge in [0.05, 0.1) is 19.8 Å². The van der Waals surface area contributed by atoms with Crippen molar-refractivity contribution in [3.8, 4) is 5.75 Å². The number of amides is 1. The van der Waals surface area contributed by atoms with Gasteiger partial charge in [0.25, 0.3) is 5.91 Å². The lowest BCUT2D eigenvalue weighted by atomic mass is 10.2. The maximum Gasteiger partial charge on any atom is 0.274 e. The molecular formula is C22H28N4O5S. The van der Waals surface area contributed by atoms with E-state index in [-0.39, 0.29) is 16.3 Å². The minimum absolute atomic E-state index is 0.0640. The van der Waals surface area contributed by atoms with Crippen molar-refractivity contribution in [1.82, 2.24) is 9.29 Å². The van der Waals surface area contributed by atoms with Gasteiger partial charge in [0.2, 0.25) is 10.0 Å². The predicted octanol–water partition coefficient (Wildman–Crippen LogP) is 2.35. The lowest BCUT2D eigenvalue weighted by molar-refractivity contribution is 0.102. The number of aromatic nitrogens is 1. The second-order valence-corrected chi connectivity index (χ2v) is 9.56. The first kappa shape index (κ1) is 22.5. The van der Waals surface area contributed by atoms with Gasteiger partial charge in [-0.25, -0.2) is 8.42 Å². The summed E-state index contributed by atoms with van der Waals surface area (Å²) in [6, 6.07) is 8.27. The Hall–Kier alpha value is -2.69. The van der Waals surface area contributed by atoms with E-state index in [1.165, 1.54) is 10.4 Å². The van der Waals surface area contributed by atoms with E-state index in [0.717, 1.165) is 31.6 Å². The molecule has 1 amide bonds. The van der Waals surface area contributed by atoms with Crippen LogP contribution in [0.2, 0.25) is 0 Å². The van der Waals surface area contributed by atoms with Crippen molar-refractivity contribution in [3.63, 3.8) is 0 Å². The molecule has 4 rings (SSSR count). The summed E-state index contributed by atoms with van der Waals surface area (Å²) in [4.78, 5) is 19.3. The Morgan fingerprint density at radius 1 is 1.12 bits per heavy atom. The van der Waals surface area contributed by atoms with Gasteiger partial charge >= 0.3 is 0 Å². The first-order valence-electron chi connectivity index (χ1n) is 10.9. The first-order valence-corrected chi connectivity index (χ1v) is 12.3. The number of pyridine rings is 1. The minimum Gasteiger partial charge on any atom is -0.492 e. The van der Waals surface area contributed by atoms with Gasteiger partial charge < -0.3 is 19.7 Å². The van der Waals surface area contributed by atoms with Crippen molar-refractivity contribution in [3.05, 3.63) is 42.2 Å². The number of ether oxygens (including phenoxy) is 2. The standard InChI is InChI=1S/C22H28N4O5S/c1-2-31-20-6-5-17(15-21(20)32(28,29)26-9-3-4-10-26)24-22(27)19-16-18(7-8-23-19)25-11-13-30-14-12-25/h5-8,15-16H,2-4,9-14H2,1H3,(H,24,27). The van der Waals surface area contributed by atoms with Gasteiger partial charge in [-0.15, -0.1) is 0 Å². The number of carbonyl (C=O) groups excluding carboxylic acids is 1. The number of benzene rings is 1. The zero-order valence-corrected chi connectivity index (χ0v) is 18.9. The third-order valence-electron chi connectivity index (χ3n) is 5.54. The van der Waals surface area contributed by atoms with Crippen molar-refractivity contribution in [2.45, 2.75) is 24.7 Å². The summed E-state index contributed by atoms with van der Waals surface area (Å²) in [5, 5.41) is 2.78. The molecular weight excluding hydrogens is 432 g/mol. The molecule has 2 aromatic rings. The van der Waals surface area contributed by atoms with E-state index in [4.69, 9.17) is 9.47 Å². The summed E-state index contributed by atoms with van der Waals surface area (Å²) in [7, 11) is -3.71. The molecule has 0 bridgehead atoms. The molecule has 0 aliphatic carbocycles. The predicted molar refractivity (Wildman–Crippen MR) is 121 cm³/mol. The number of hydrogen-bond acceptors (Lipinski definition) is 7. The Morgan fingerprint density at radius 2 is 1.88 bits per heavy atom. The molecule has 0 saturated carbocycles. The summed E-state index contributed by atoms with van der Waals surface area (Å²) in [5.41, 5.74) is 1.53. The quantitative estimate of drug-likeness (QED) is 0.677. The Bertz CT molecular complexity index is 1060. The molecule has 1 aromatic heterocycles. The van der Waals surface area contributed by atoms with Crippen LogP contribution in [0.5, 0.6) is 5.75 Å². The first-order chi connectivity index (χ1) is 15.5. The van der Waals surface area contributed by atoms with Gasteiger partial charge in [-0.2, -0.15) is 4.31 Å². The molecule has 32 heavy (non-hydrogen) atoms. The molecule has 2 fully saturated rings. The van der Waals surface area contributed by atoms with Crippen LogP contribution in [0.25, 0.3) is 0 Å². The third-order valence-corrected chi connectivity index (χ3v) is 7.46. The van der Waals surface area contributed by atoms with Gasteiger partial charge in [0, 0.05) is 43.8 Å². The van der Waals surface area contributed by atoms with E-state index in [1.54, 1.807) is 31.3 Å². The summed E-state index contributed by atoms with van der Waals surface area (Å²) in [6.45, 7) is 5.91. The number of sulfonamides is 1. The van der Waals surface area contributed by atoms with Crippen LogP contribution >= 0.6 is 0 Å². The lowest BCUT2D eigenvalue weighted by Crippen LogP contribution is -2.36. The van der Waals surface area contributed by atoms with E-state index in [2.05, 4.69) is 15.2 Å². The fourth-order valence-electron chi connectivity index (χ4n) is 3.89. The molecule has 2 aliphatic rings. The van der Waals surface area contributed by atoms with Gasteiger partial charge in [-0.1, -0.05) is 0 Å². The molecule has 9 nitrogen and oxygen atoms in total. The average molecular weight is 461 g/mol. The molecule has 0 spiro atoms. The Kier molecular flexibility index (Phi) is 6.92. The normalized spacial score (nSPS) is 17.3. The highest BCUT2D eigenvalue weighted by atomic mass is 32.2. The number of anilines is 2. The second kappa shape index (κ2) is 9.85. The third kappa shape index (κ3) is 4.87. The monoisotopic (exact) mass is 460 g/mol. The van der Waals surface area contributed by atoms with Gasteiger partial charge in [0.1, 0.15) is 16.3 Å². The van der Waals surface area contributed by atoms with Crippen LogP contribution in [0.1, 0.15) is 30.3 Å². The van der Waals surface area contributed by atoms with Crippen molar-refractivity contribution >= 4 is 27.3 Å². The van der Waals surface area contributed by atoms with Crippen molar-refractivity contribution < 1.29 is 22.7 Å². The molecule has 0 unspecified atom stereocenters. The molecule has 1 N–H and O–H groups in total. The average Bonchev–Trinajstić information content (AvgIpc) is 3.37. The molecule has 172 valence electrons. The molecule has 3 heterocycles. The van der Waals surface area contributed by atoms with E-state index in [0.29, 0.717) is 38.6 Å². The molecule has 0 radical (unpaired) electrons. The Labute approximate surface area is 188 Å². The number of rotatable bonds is 7. The van der Waals surface area contributed by atoms with Crippen molar-refractivity contribution in [2.75, 3.05) is 56.2 Å². The Morgan fingerprint density at radius 3 is 2.59 bits per heavy atom. The number of morpholine rings is 1. The molecule has 2 aliphatic heterocycles. The number of nitrogens with one attached hydrogen (secondary N) is 1. The van der Waals surface area contributed by atoms with Crippen LogP contribution in [0, 0.1) is 0 Å². The molecule has 10 heteroatoms. The zero-order valence-electron chi connectivity index (χ0n) is 18.1. The maximum atomic E-state index is 13.2. The molecule has 2 saturated heterocycles. The second-order valence-electron chi connectivity index (χ2n) is 7.66. The van der Waals surface area contributed by atoms with E-state index < -0.39 is 15.9 Å². The number of carbonyl (C=O) groups is 1. The minimum atomic E-state index is -3.71. The number of nitrogens with zero attached hydrogens (tertiary/aromatic N) is 3. The van der Waals surface area contributed by atoms with E-state index in [1.807, 2.05) is 6.07 Å². The van der Waals surface area contributed by atoms with Crippen LogP contribution in [0.4, 0.5) is 11.4 Å². The number of hydrogen-bond donors (Lipinski definition) is 1. The van der Waals surface area contributed by atoms with Crippen LogP contribution in [-0.2, 0) is 14.8 Å². The molecule has 0 atom stereocenters. The summed E-state index contributed by atoms with van der Waals surface area (Å²) in [6.07, 6.45) is 3.27. The zero-order chi connectivity index (χ0) is 22.6. The van der Waals surface area contributed by atoms with E-state index in [9.17, 15) is 13.2 Å². The Balaban J connectivity index is 1.57. The fourth-order valence-corrected chi connectivity index (χ4v) is 5.56. The molecule has 1 aromatic carbocycles. The SMILES string of the molecule is CCOc1ccc(NC(=O)c2cc(N3CCOCC3)ccn2)cc1S(=O)(=O)N1CCCC1. The van der Waals surface area contributed by atoms with Crippen LogP contribution < -0.4 is 15.0 Å². The van der Waals surface area contributed by atoms with Crippen molar-refractivity contribution in [2.24, 2.45) is 0 Å². The highest BCUT2D eigenvalue weighted by molar-refractivity contribution is 7.89. The van der Waals surface area contributed by atoms with Crippen LogP contribution in [0.3, 0.4) is 0 Å². The van der Waals surface area contributed by atoms with Crippen molar-refractivity contribution in [1.29, 1.82) is 0 Å². The van der Waals surface area contributed by atoms with Gasteiger partial charge in [-0.05, 0) is 50.1 Å². The fraction of sp³-hybridized carbons (Fsp3) is 0.455. The van der Waals surface area contributed by atoms with E-state index >= 15 is 0 Å². The summed E-state index contributed by atoms with van der Waals surface area (Å²) >= 11 is 0. The smallest absolute Gasteiger partial charge is 0.274 e. The van der Waals surface area contributed by atoms with Gasteiger partial charge in [0.15, 0.2) is 0 Å².